The summed E-state index contributed by atoms with van der Waals surface area (Å²) in [4.78, 5) is 0. The van der Waals surface area contributed by atoms with Gasteiger partial charge < -0.3 is 0 Å². The quantitative estimate of drug-likeness (QED) is 0.0559. The molecule has 4 aliphatic rings. The molecule has 0 heterocycles. The van der Waals surface area contributed by atoms with Gasteiger partial charge in [-0.3, -0.25) is 0 Å². The summed E-state index contributed by atoms with van der Waals surface area (Å²) < 4.78 is 1.62. The van der Waals surface area contributed by atoms with Crippen molar-refractivity contribution in [2.24, 2.45) is 0 Å². The van der Waals surface area contributed by atoms with Crippen LogP contribution in [0.25, 0.3) is 68.8 Å². The van der Waals surface area contributed by atoms with E-state index in [0.717, 1.165) is 46.8 Å². The molecule has 0 nitrogen and oxygen atoms in total. The molecule has 0 bridgehead atoms. The van der Waals surface area contributed by atoms with Crippen molar-refractivity contribution < 1.29 is 28.1 Å². The molecule has 0 aliphatic heterocycles. The molecule has 82 heavy (non-hydrogen) atoms. The monoisotopic (exact) mass is 1340 g/mol. The van der Waals surface area contributed by atoms with Crippen LogP contribution in [0.3, 0.4) is 0 Å². The van der Waals surface area contributed by atoms with Crippen molar-refractivity contribution in [2.75, 3.05) is 0 Å². The summed E-state index contributed by atoms with van der Waals surface area (Å²) in [7, 11) is 38.2. The number of halogens is 4. The van der Waals surface area contributed by atoms with Crippen molar-refractivity contribution in [2.45, 2.75) is 102 Å². The van der Waals surface area contributed by atoms with Gasteiger partial charge in [-0.2, -0.15) is 0 Å². The van der Waals surface area contributed by atoms with Gasteiger partial charge in [0.15, 0.2) is 0 Å². The Morgan fingerprint density at radius 3 is 0.866 bits per heavy atom. The summed E-state index contributed by atoms with van der Waals surface area (Å²) in [5, 5.41) is 0. The molecule has 418 valence electrons. The molecule has 8 heteroatoms. The van der Waals surface area contributed by atoms with Crippen LogP contribution in [0.5, 0.6) is 0 Å². The van der Waals surface area contributed by atoms with Gasteiger partial charge in [-0.25, -0.2) is 0 Å². The molecule has 8 aromatic rings. The van der Waals surface area contributed by atoms with E-state index in [1.165, 1.54) is 111 Å². The molecule has 12 rings (SSSR count). The molecule has 0 N–H and O–H groups in total. The Kier molecular flexibility index (Phi) is 15.3. The molecule has 0 fully saturated rings. The van der Waals surface area contributed by atoms with Gasteiger partial charge in [0, 0.05) is 0 Å². The fraction of sp³-hybridized carbons (Fsp3) is 0.243. The molecule has 0 spiro atoms. The van der Waals surface area contributed by atoms with Crippen molar-refractivity contribution in [3.8, 4) is 44.5 Å². The zero-order valence-electron chi connectivity index (χ0n) is 48.7. The van der Waals surface area contributed by atoms with Crippen molar-refractivity contribution in [1.82, 2.24) is 0 Å². The van der Waals surface area contributed by atoms with Gasteiger partial charge in [-0.05, 0) is 0 Å². The zero-order chi connectivity index (χ0) is 57.2. The average molecular weight is 1350 g/mol. The van der Waals surface area contributed by atoms with Crippen molar-refractivity contribution in [1.29, 1.82) is 0 Å². The van der Waals surface area contributed by atoms with Crippen LogP contribution in [0.15, 0.2) is 216 Å². The van der Waals surface area contributed by atoms with Gasteiger partial charge in [0.05, 0.1) is 0 Å². The number of unbranched alkanes of at least 4 members (excludes halogenated alkanes) is 3. The van der Waals surface area contributed by atoms with E-state index in [-0.39, 0.29) is 14.5 Å². The van der Waals surface area contributed by atoms with Crippen LogP contribution >= 0.6 is 34.1 Å². The molecular formula is C74H78Cl4Si2Zr2. The van der Waals surface area contributed by atoms with Gasteiger partial charge in [0.2, 0.25) is 0 Å². The summed E-state index contributed by atoms with van der Waals surface area (Å²) in [6.45, 7) is 12.1. The summed E-state index contributed by atoms with van der Waals surface area (Å²) in [6.07, 6.45) is 15.7. The molecule has 8 aromatic carbocycles. The Labute approximate surface area is 501 Å². The minimum atomic E-state index is -5.83. The van der Waals surface area contributed by atoms with E-state index < -0.39 is 41.4 Å². The SMILES string of the molecule is CCC1=Cc2c(-c3ccccc3)cccc2[CH]1[Zr]([Cl])([Cl])([CH2]CCCC[CH2][Zr]([Cl])([Cl])([SiH2]C)([CH]1C(C)=Cc2c(-c3ccccc3)cccc21)[CH]1C(CC)=Cc2c(-c3ccccc3)cccc21)([SiH2]C)[CH]1C(C)=Cc2c(-c3ccccc3)cccc21. The van der Waals surface area contributed by atoms with E-state index in [9.17, 15) is 34.1 Å². The van der Waals surface area contributed by atoms with E-state index in [2.05, 4.69) is 259 Å². The molecule has 0 saturated carbocycles. The Bertz CT molecular complexity index is 3700. The first-order chi connectivity index (χ1) is 39.5. The van der Waals surface area contributed by atoms with Crippen LogP contribution in [-0.4, -0.2) is 13.3 Å². The Morgan fingerprint density at radius 1 is 0.329 bits per heavy atom. The standard InChI is InChI=1S/2C17H15.2C16H13.C6H12.2CH5Si.4ClH.2Zr/c2*1-2-13-11-15-9-6-10-16(17(15)12-13)14-7-4-3-5-8-14;2*1-12-10-14-8-5-9-15(16(14)11-12)13-6-3-2-4-7-13;1-3-5-6-4-2;2*1-2;;;;;;/h2*3-12H,2H2,1H3;2*2-11H,1H3;1-6H2;2*2H2,1H3;4*1H;;/q;;;;;;;;;;;2*+2/p-4. The normalized spacial score (nSPS) is 20.1. The van der Waals surface area contributed by atoms with Gasteiger partial charge in [-0.15, -0.1) is 0 Å². The van der Waals surface area contributed by atoms with E-state index in [1.807, 2.05) is 0 Å². The number of hydrogen-bond acceptors (Lipinski definition) is 0. The maximum absolute atomic E-state index is 9.56. The van der Waals surface area contributed by atoms with Crippen LogP contribution in [0.4, 0.5) is 0 Å². The van der Waals surface area contributed by atoms with Crippen LogP contribution in [0.2, 0.25) is 21.4 Å². The number of rotatable bonds is 19. The first-order valence-corrected chi connectivity index (χ1v) is 67.1. The van der Waals surface area contributed by atoms with Crippen LogP contribution < -0.4 is 0 Å². The molecule has 4 aliphatic carbocycles. The molecule has 0 amide bonds. The third kappa shape index (κ3) is 9.10. The molecule has 0 radical (unpaired) electrons. The van der Waals surface area contributed by atoms with E-state index in [0.29, 0.717) is 0 Å². The van der Waals surface area contributed by atoms with Crippen LogP contribution in [0.1, 0.15) is 125 Å². The predicted octanol–water partition coefficient (Wildman–Crippen LogP) is 22.8. The Balaban J connectivity index is 0.956. The number of benzene rings is 8. The third-order valence-electron chi connectivity index (χ3n) is 21.5. The molecule has 0 saturated heterocycles. The summed E-state index contributed by atoms with van der Waals surface area (Å²) in [5.74, 6) is 0. The predicted molar refractivity (Wildman–Crippen MR) is 363 cm³/mol. The van der Waals surface area contributed by atoms with Crippen molar-refractivity contribution in [3.63, 3.8) is 0 Å². The molecule has 4 unspecified atom stereocenters. The first-order valence-electron chi connectivity index (χ1n) is 30.6. The summed E-state index contributed by atoms with van der Waals surface area (Å²) in [6, 6.07) is 71.5. The fourth-order valence-electron chi connectivity index (χ4n) is 17.7. The van der Waals surface area contributed by atoms with Crippen LogP contribution in [0, 0.1) is 0 Å². The van der Waals surface area contributed by atoms with Crippen molar-refractivity contribution in [3.05, 3.63) is 261 Å². The topological polar surface area (TPSA) is 0 Å². The number of fused-ring (bicyclic) bond motifs is 4. The number of hydrogen-bond donors (Lipinski definition) is 0. The fourth-order valence-corrected chi connectivity index (χ4v) is 103. The second-order valence-corrected chi connectivity index (χ2v) is 132. The third-order valence-corrected chi connectivity index (χ3v) is 131. The summed E-state index contributed by atoms with van der Waals surface area (Å²) >= 11 is -11.7. The summed E-state index contributed by atoms with van der Waals surface area (Å²) in [5.41, 5.74) is 26.0. The van der Waals surface area contributed by atoms with Gasteiger partial charge in [0.1, 0.15) is 0 Å². The first kappa shape index (κ1) is 58.5. The second kappa shape index (κ2) is 21.5. The molecular weight excluding hydrogens is 1270 g/mol. The minimum absolute atomic E-state index is 0.0169. The number of allylic oxidation sites excluding steroid dienone is 4. The van der Waals surface area contributed by atoms with Crippen LogP contribution in [-0.2, 0) is 28.1 Å². The van der Waals surface area contributed by atoms with Gasteiger partial charge in [0.25, 0.3) is 0 Å². The van der Waals surface area contributed by atoms with Gasteiger partial charge >= 0.3 is 507 Å². The van der Waals surface area contributed by atoms with E-state index in [1.54, 1.807) is 0 Å². The zero-order valence-corrected chi connectivity index (χ0v) is 59.4. The second-order valence-electron chi connectivity index (χ2n) is 25.5. The molecule has 4 atom stereocenters. The Hall–Kier alpha value is -3.92. The van der Waals surface area contributed by atoms with Crippen molar-refractivity contribution >= 4 is 71.6 Å². The van der Waals surface area contributed by atoms with E-state index >= 15 is 0 Å². The Morgan fingerprint density at radius 2 is 0.598 bits per heavy atom. The van der Waals surface area contributed by atoms with E-state index in [4.69, 9.17) is 0 Å². The average Bonchev–Trinajstić information content (AvgIpc) is 1.86. The van der Waals surface area contributed by atoms with Gasteiger partial charge in [-0.1, -0.05) is 0 Å². The molecule has 0 aromatic heterocycles. The maximum atomic E-state index is 9.56.